The van der Waals surface area contributed by atoms with Crippen molar-refractivity contribution in [2.75, 3.05) is 26.7 Å². The lowest BCUT2D eigenvalue weighted by Gasteiger charge is -2.07. The van der Waals surface area contributed by atoms with Crippen molar-refractivity contribution in [2.45, 2.75) is 26.2 Å². The number of hydrogen-bond donors (Lipinski definition) is 2. The largest absolute Gasteiger partial charge is 0.497 e. The van der Waals surface area contributed by atoms with Crippen LogP contribution in [0, 0.1) is 0 Å². The Morgan fingerprint density at radius 1 is 1.32 bits per heavy atom. The van der Waals surface area contributed by atoms with Crippen LogP contribution in [0.5, 0.6) is 5.75 Å². The standard InChI is InChI=1S/C15H24N2O2/c1-3-4-9-17-15(18)12-16-10-8-13-6-5-7-14(11-13)19-2/h5-7,11,16H,3-4,8-10,12H2,1-2H3,(H,17,18). The van der Waals surface area contributed by atoms with Crippen molar-refractivity contribution in [1.29, 1.82) is 0 Å². The van der Waals surface area contributed by atoms with Gasteiger partial charge in [0.1, 0.15) is 5.75 Å². The number of nitrogens with one attached hydrogen (secondary N) is 2. The summed E-state index contributed by atoms with van der Waals surface area (Å²) < 4.78 is 5.17. The zero-order valence-corrected chi connectivity index (χ0v) is 11.9. The number of unbranched alkanes of at least 4 members (excludes halogenated alkanes) is 1. The van der Waals surface area contributed by atoms with Crippen molar-refractivity contribution in [2.24, 2.45) is 0 Å². The highest BCUT2D eigenvalue weighted by Gasteiger charge is 2.00. The smallest absolute Gasteiger partial charge is 0.233 e. The van der Waals surface area contributed by atoms with E-state index in [1.807, 2.05) is 18.2 Å². The van der Waals surface area contributed by atoms with E-state index in [1.165, 1.54) is 5.56 Å². The number of methoxy groups -OCH3 is 1. The van der Waals surface area contributed by atoms with Crippen molar-refractivity contribution >= 4 is 5.91 Å². The molecule has 1 aromatic carbocycles. The third kappa shape index (κ3) is 6.82. The number of carbonyl (C=O) groups is 1. The molecule has 0 aliphatic rings. The van der Waals surface area contributed by atoms with Gasteiger partial charge in [0.15, 0.2) is 0 Å². The maximum absolute atomic E-state index is 11.4. The molecule has 0 radical (unpaired) electrons. The normalized spacial score (nSPS) is 10.2. The van der Waals surface area contributed by atoms with Gasteiger partial charge in [-0.05, 0) is 37.1 Å². The molecule has 0 atom stereocenters. The van der Waals surface area contributed by atoms with Gasteiger partial charge < -0.3 is 15.4 Å². The van der Waals surface area contributed by atoms with Crippen molar-refractivity contribution in [1.82, 2.24) is 10.6 Å². The molecule has 19 heavy (non-hydrogen) atoms. The monoisotopic (exact) mass is 264 g/mol. The van der Waals surface area contributed by atoms with Gasteiger partial charge in [-0.2, -0.15) is 0 Å². The van der Waals surface area contributed by atoms with Gasteiger partial charge in [-0.3, -0.25) is 4.79 Å². The van der Waals surface area contributed by atoms with Gasteiger partial charge in [-0.1, -0.05) is 25.5 Å². The van der Waals surface area contributed by atoms with E-state index >= 15 is 0 Å². The second-order valence-corrected chi connectivity index (χ2v) is 4.48. The maximum atomic E-state index is 11.4. The molecule has 1 rings (SSSR count). The fourth-order valence-electron chi connectivity index (χ4n) is 1.73. The Morgan fingerprint density at radius 3 is 2.89 bits per heavy atom. The van der Waals surface area contributed by atoms with Crippen LogP contribution in [0.4, 0.5) is 0 Å². The van der Waals surface area contributed by atoms with Crippen LogP contribution < -0.4 is 15.4 Å². The van der Waals surface area contributed by atoms with Crippen LogP contribution in [0.2, 0.25) is 0 Å². The lowest BCUT2D eigenvalue weighted by atomic mass is 10.1. The molecule has 0 unspecified atom stereocenters. The summed E-state index contributed by atoms with van der Waals surface area (Å²) in [5.74, 6) is 0.939. The fourth-order valence-corrected chi connectivity index (χ4v) is 1.73. The molecule has 106 valence electrons. The molecule has 0 bridgehead atoms. The van der Waals surface area contributed by atoms with E-state index in [-0.39, 0.29) is 5.91 Å². The van der Waals surface area contributed by atoms with E-state index in [1.54, 1.807) is 7.11 Å². The van der Waals surface area contributed by atoms with E-state index in [9.17, 15) is 4.79 Å². The summed E-state index contributed by atoms with van der Waals surface area (Å²) in [6, 6.07) is 7.98. The fraction of sp³-hybridized carbons (Fsp3) is 0.533. The van der Waals surface area contributed by atoms with Crippen LogP contribution >= 0.6 is 0 Å². The number of amides is 1. The Bertz CT molecular complexity index is 380. The van der Waals surface area contributed by atoms with Gasteiger partial charge in [0.2, 0.25) is 5.91 Å². The average molecular weight is 264 g/mol. The van der Waals surface area contributed by atoms with Crippen LogP contribution in [-0.2, 0) is 11.2 Å². The Kier molecular flexibility index (Phi) is 7.66. The predicted octanol–water partition coefficient (Wildman–Crippen LogP) is 1.74. The second kappa shape index (κ2) is 9.39. The van der Waals surface area contributed by atoms with Crippen molar-refractivity contribution in [3.8, 4) is 5.75 Å². The lowest BCUT2D eigenvalue weighted by molar-refractivity contribution is -0.120. The molecule has 0 spiro atoms. The molecule has 0 aliphatic carbocycles. The Labute approximate surface area is 115 Å². The lowest BCUT2D eigenvalue weighted by Crippen LogP contribution is -2.35. The zero-order valence-electron chi connectivity index (χ0n) is 11.9. The SMILES string of the molecule is CCCCNC(=O)CNCCc1cccc(OC)c1. The molecule has 0 aromatic heterocycles. The Balaban J connectivity index is 2.14. The van der Waals surface area contributed by atoms with Gasteiger partial charge in [-0.25, -0.2) is 0 Å². The second-order valence-electron chi connectivity index (χ2n) is 4.48. The molecular weight excluding hydrogens is 240 g/mol. The summed E-state index contributed by atoms with van der Waals surface area (Å²) in [6.07, 6.45) is 3.03. The number of rotatable bonds is 9. The summed E-state index contributed by atoms with van der Waals surface area (Å²) in [5.41, 5.74) is 1.21. The highest BCUT2D eigenvalue weighted by molar-refractivity contribution is 5.77. The molecule has 4 heteroatoms. The third-order valence-corrected chi connectivity index (χ3v) is 2.86. The minimum absolute atomic E-state index is 0.0686. The molecule has 0 fully saturated rings. The average Bonchev–Trinajstić information content (AvgIpc) is 2.44. The minimum atomic E-state index is 0.0686. The molecule has 1 amide bonds. The summed E-state index contributed by atoms with van der Waals surface area (Å²) in [5, 5.41) is 6.02. The first-order valence-corrected chi connectivity index (χ1v) is 6.86. The van der Waals surface area contributed by atoms with Crippen molar-refractivity contribution < 1.29 is 9.53 Å². The van der Waals surface area contributed by atoms with E-state index in [4.69, 9.17) is 4.74 Å². The summed E-state index contributed by atoms with van der Waals surface area (Å²) in [7, 11) is 1.66. The summed E-state index contributed by atoms with van der Waals surface area (Å²) in [4.78, 5) is 11.4. The molecule has 0 saturated carbocycles. The summed E-state index contributed by atoms with van der Waals surface area (Å²) >= 11 is 0. The number of benzene rings is 1. The van der Waals surface area contributed by atoms with E-state index in [0.29, 0.717) is 6.54 Å². The Morgan fingerprint density at radius 2 is 2.16 bits per heavy atom. The highest BCUT2D eigenvalue weighted by Crippen LogP contribution is 2.12. The number of carbonyl (C=O) groups excluding carboxylic acids is 1. The predicted molar refractivity (Wildman–Crippen MR) is 77.5 cm³/mol. The van der Waals surface area contributed by atoms with Gasteiger partial charge in [-0.15, -0.1) is 0 Å². The molecule has 0 saturated heterocycles. The van der Waals surface area contributed by atoms with Crippen molar-refractivity contribution in [3.63, 3.8) is 0 Å². The van der Waals surface area contributed by atoms with Gasteiger partial charge in [0, 0.05) is 6.54 Å². The molecule has 0 heterocycles. The first kappa shape index (κ1) is 15.5. The zero-order chi connectivity index (χ0) is 13.9. The first-order chi connectivity index (χ1) is 9.26. The van der Waals surface area contributed by atoms with Gasteiger partial charge in [0.05, 0.1) is 13.7 Å². The molecule has 4 nitrogen and oxygen atoms in total. The van der Waals surface area contributed by atoms with Gasteiger partial charge >= 0.3 is 0 Å². The van der Waals surface area contributed by atoms with Crippen molar-refractivity contribution in [3.05, 3.63) is 29.8 Å². The van der Waals surface area contributed by atoms with Crippen LogP contribution in [-0.4, -0.2) is 32.7 Å². The highest BCUT2D eigenvalue weighted by atomic mass is 16.5. The number of hydrogen-bond acceptors (Lipinski definition) is 3. The summed E-state index contributed by atoms with van der Waals surface area (Å²) in [6.45, 7) is 4.05. The maximum Gasteiger partial charge on any atom is 0.233 e. The Hall–Kier alpha value is -1.55. The molecular formula is C15H24N2O2. The molecule has 0 aliphatic heterocycles. The topological polar surface area (TPSA) is 50.4 Å². The van der Waals surface area contributed by atoms with Gasteiger partial charge in [0.25, 0.3) is 0 Å². The van der Waals surface area contributed by atoms with Crippen LogP contribution in [0.1, 0.15) is 25.3 Å². The third-order valence-electron chi connectivity index (χ3n) is 2.86. The quantitative estimate of drug-likeness (QED) is 0.668. The van der Waals surface area contributed by atoms with E-state index in [2.05, 4.69) is 23.6 Å². The van der Waals surface area contributed by atoms with Crippen LogP contribution in [0.25, 0.3) is 0 Å². The molecule has 2 N–H and O–H groups in total. The van der Waals surface area contributed by atoms with E-state index < -0.39 is 0 Å². The molecule has 1 aromatic rings. The van der Waals surface area contributed by atoms with Crippen LogP contribution in [0.3, 0.4) is 0 Å². The van der Waals surface area contributed by atoms with Crippen LogP contribution in [0.15, 0.2) is 24.3 Å². The number of ether oxygens (including phenoxy) is 1. The first-order valence-electron chi connectivity index (χ1n) is 6.86. The minimum Gasteiger partial charge on any atom is -0.497 e. The van der Waals surface area contributed by atoms with E-state index in [0.717, 1.165) is 38.1 Å².